The lowest BCUT2D eigenvalue weighted by molar-refractivity contribution is 0.265. The molecule has 0 fully saturated rings. The lowest BCUT2D eigenvalue weighted by Crippen LogP contribution is -1.99. The molecule has 9 heteroatoms. The van der Waals surface area contributed by atoms with Gasteiger partial charge in [0.1, 0.15) is 32.6 Å². The number of aliphatic hydroxyl groups is 1. The Morgan fingerprint density at radius 2 is 1.37 bits per heavy atom. The van der Waals surface area contributed by atoms with E-state index in [1.165, 1.54) is 46.5 Å². The Hall–Kier alpha value is -1.38. The summed E-state index contributed by atoms with van der Waals surface area (Å²) in [5, 5.41) is 12.5. The van der Waals surface area contributed by atoms with Crippen molar-refractivity contribution in [1.82, 2.24) is 19.9 Å². The number of rotatable bonds is 2. The van der Waals surface area contributed by atoms with Crippen LogP contribution in [-0.4, -0.2) is 31.6 Å². The molecule has 6 rings (SSSR count). The first kappa shape index (κ1) is 20.5. The molecule has 4 aromatic heterocycles. The van der Waals surface area contributed by atoms with Gasteiger partial charge in [0, 0.05) is 15.7 Å². The highest BCUT2D eigenvalue weighted by Gasteiger charge is 2.29. The van der Waals surface area contributed by atoms with Crippen molar-refractivity contribution in [3.8, 4) is 0 Å². The minimum absolute atomic E-state index is 0.185. The second kappa shape index (κ2) is 8.28. The molecule has 2 atom stereocenters. The van der Waals surface area contributed by atoms with Crippen LogP contribution in [-0.2, 0) is 12.8 Å². The highest BCUT2D eigenvalue weighted by atomic mass is 35.5. The summed E-state index contributed by atoms with van der Waals surface area (Å²) < 4.78 is 0. The number of thiophene rings is 2. The van der Waals surface area contributed by atoms with Gasteiger partial charge < -0.3 is 5.11 Å². The molecule has 2 aliphatic rings. The molecule has 4 aromatic rings. The summed E-state index contributed by atoms with van der Waals surface area (Å²) in [5.41, 5.74) is 2.62. The van der Waals surface area contributed by atoms with Crippen LogP contribution in [0.3, 0.4) is 0 Å². The van der Waals surface area contributed by atoms with E-state index in [9.17, 15) is 5.11 Å². The summed E-state index contributed by atoms with van der Waals surface area (Å²) in [4.78, 5) is 21.4. The fourth-order valence-electron chi connectivity index (χ4n) is 4.65. The van der Waals surface area contributed by atoms with Gasteiger partial charge in [-0.2, -0.15) is 0 Å². The first-order chi connectivity index (χ1) is 14.6. The molecular formula is C21H20Cl2N4OS2. The van der Waals surface area contributed by atoms with Gasteiger partial charge in [-0.05, 0) is 49.1 Å². The van der Waals surface area contributed by atoms with E-state index in [-0.39, 0.29) is 12.5 Å². The van der Waals surface area contributed by atoms with Crippen molar-refractivity contribution in [3.63, 3.8) is 0 Å². The number of nitrogens with zero attached hydrogens (tertiary/aromatic N) is 4. The Labute approximate surface area is 192 Å². The minimum atomic E-state index is 0.185. The third kappa shape index (κ3) is 3.31. The molecule has 30 heavy (non-hydrogen) atoms. The second-order valence-electron chi connectivity index (χ2n) is 7.63. The number of aliphatic hydroxyl groups excluding tert-OH is 1. The summed E-state index contributed by atoms with van der Waals surface area (Å²) in [5.74, 6) is 0.884. The highest BCUT2D eigenvalue weighted by Crippen LogP contribution is 2.46. The monoisotopic (exact) mass is 478 g/mol. The Balaban J connectivity index is 0.000000128. The van der Waals surface area contributed by atoms with Gasteiger partial charge in [0.05, 0.1) is 17.4 Å². The Bertz CT molecular complexity index is 1140. The standard InChI is InChI=1S/C11H11ClN2S.C10H9ClN2OS/c1-2-6-3-4-7-8(6)9-10(12)13-5-14-11(9)15-7;11-9-8-7-5(3-14)1-2-6(7)15-10(8)13-4-12-9/h5-6H,2-4H2,1H3;4-5,14H,1-3H2/t6-;5-/m01/s1. The molecule has 0 spiro atoms. The van der Waals surface area contributed by atoms with E-state index < -0.39 is 0 Å². The van der Waals surface area contributed by atoms with Gasteiger partial charge in [0.2, 0.25) is 0 Å². The van der Waals surface area contributed by atoms with Crippen molar-refractivity contribution in [1.29, 1.82) is 0 Å². The van der Waals surface area contributed by atoms with Crippen LogP contribution < -0.4 is 0 Å². The van der Waals surface area contributed by atoms with E-state index in [2.05, 4.69) is 26.9 Å². The maximum Gasteiger partial charge on any atom is 0.141 e. The molecule has 0 saturated heterocycles. The zero-order chi connectivity index (χ0) is 20.8. The van der Waals surface area contributed by atoms with Crippen LogP contribution in [0.5, 0.6) is 0 Å². The largest absolute Gasteiger partial charge is 0.396 e. The Kier molecular flexibility index (Phi) is 5.66. The van der Waals surface area contributed by atoms with Gasteiger partial charge in [0.25, 0.3) is 0 Å². The SMILES string of the molecule is CC[C@H]1CCc2sc3ncnc(Cl)c3c21.OC[C@H]1CCc2sc3ncnc(Cl)c3c21. The maximum absolute atomic E-state index is 9.30. The predicted molar refractivity (Wildman–Crippen MR) is 124 cm³/mol. The summed E-state index contributed by atoms with van der Waals surface area (Å²) in [6.07, 6.45) is 8.71. The molecule has 2 aliphatic carbocycles. The number of fused-ring (bicyclic) bond motifs is 6. The molecule has 0 bridgehead atoms. The summed E-state index contributed by atoms with van der Waals surface area (Å²) >= 11 is 15.7. The Morgan fingerprint density at radius 1 is 0.867 bits per heavy atom. The van der Waals surface area contributed by atoms with Crippen molar-refractivity contribution < 1.29 is 5.11 Å². The number of hydrogen-bond donors (Lipinski definition) is 1. The smallest absolute Gasteiger partial charge is 0.141 e. The van der Waals surface area contributed by atoms with Crippen LogP contribution in [0, 0.1) is 0 Å². The molecule has 0 saturated carbocycles. The van der Waals surface area contributed by atoms with Gasteiger partial charge in [-0.25, -0.2) is 19.9 Å². The van der Waals surface area contributed by atoms with Crippen molar-refractivity contribution in [2.75, 3.05) is 6.61 Å². The molecule has 0 radical (unpaired) electrons. The summed E-state index contributed by atoms with van der Waals surface area (Å²) in [6, 6.07) is 0. The van der Waals surface area contributed by atoms with Crippen molar-refractivity contribution in [2.45, 2.75) is 50.9 Å². The van der Waals surface area contributed by atoms with Crippen LogP contribution in [0.25, 0.3) is 20.4 Å². The van der Waals surface area contributed by atoms with Gasteiger partial charge in [-0.15, -0.1) is 22.7 Å². The number of aromatic nitrogens is 4. The van der Waals surface area contributed by atoms with Crippen molar-refractivity contribution in [3.05, 3.63) is 43.8 Å². The van der Waals surface area contributed by atoms with E-state index in [1.807, 2.05) is 0 Å². The normalized spacial score (nSPS) is 19.7. The second-order valence-corrected chi connectivity index (χ2v) is 10.5. The van der Waals surface area contributed by atoms with E-state index in [0.717, 1.165) is 33.3 Å². The predicted octanol–water partition coefficient (Wildman–Crippen LogP) is 6.15. The molecular weight excluding hydrogens is 459 g/mol. The number of aryl methyl sites for hydroxylation is 2. The molecule has 0 aliphatic heterocycles. The maximum atomic E-state index is 9.30. The van der Waals surface area contributed by atoms with Gasteiger partial charge >= 0.3 is 0 Å². The lowest BCUT2D eigenvalue weighted by atomic mass is 9.99. The van der Waals surface area contributed by atoms with Crippen LogP contribution in [0.2, 0.25) is 10.3 Å². The molecule has 156 valence electrons. The third-order valence-corrected chi connectivity index (χ3v) is 9.00. The average Bonchev–Trinajstić information content (AvgIpc) is 3.47. The summed E-state index contributed by atoms with van der Waals surface area (Å²) in [6.45, 7) is 2.42. The Morgan fingerprint density at radius 3 is 1.87 bits per heavy atom. The molecule has 0 unspecified atom stereocenters. The fraction of sp³-hybridized carbons (Fsp3) is 0.429. The van der Waals surface area contributed by atoms with E-state index >= 15 is 0 Å². The van der Waals surface area contributed by atoms with Crippen LogP contribution in [0.15, 0.2) is 12.7 Å². The molecule has 0 amide bonds. The third-order valence-electron chi connectivity index (χ3n) is 6.08. The van der Waals surface area contributed by atoms with Gasteiger partial charge in [-0.3, -0.25) is 0 Å². The minimum Gasteiger partial charge on any atom is -0.396 e. The number of hydrogen-bond acceptors (Lipinski definition) is 7. The highest BCUT2D eigenvalue weighted by molar-refractivity contribution is 7.19. The first-order valence-electron chi connectivity index (χ1n) is 10.1. The zero-order valence-electron chi connectivity index (χ0n) is 16.4. The van der Waals surface area contributed by atoms with E-state index in [0.29, 0.717) is 16.2 Å². The van der Waals surface area contributed by atoms with Crippen LogP contribution in [0.1, 0.15) is 58.9 Å². The van der Waals surface area contributed by atoms with Crippen molar-refractivity contribution >= 4 is 66.3 Å². The van der Waals surface area contributed by atoms with E-state index in [1.54, 1.807) is 29.0 Å². The van der Waals surface area contributed by atoms with Crippen molar-refractivity contribution in [2.24, 2.45) is 0 Å². The zero-order valence-corrected chi connectivity index (χ0v) is 19.5. The fourth-order valence-corrected chi connectivity index (χ4v) is 7.72. The molecule has 4 heterocycles. The van der Waals surface area contributed by atoms with Gasteiger partial charge in [0.15, 0.2) is 0 Å². The average molecular weight is 479 g/mol. The lowest BCUT2D eigenvalue weighted by Gasteiger charge is -2.06. The molecule has 1 N–H and O–H groups in total. The van der Waals surface area contributed by atoms with E-state index in [4.69, 9.17) is 23.2 Å². The topological polar surface area (TPSA) is 71.8 Å². The molecule has 0 aromatic carbocycles. The quantitative estimate of drug-likeness (QED) is 0.349. The van der Waals surface area contributed by atoms with Crippen LogP contribution >= 0.6 is 45.9 Å². The van der Waals surface area contributed by atoms with Crippen LogP contribution in [0.4, 0.5) is 0 Å². The first-order valence-corrected chi connectivity index (χ1v) is 12.5. The number of halogens is 2. The van der Waals surface area contributed by atoms with Gasteiger partial charge in [-0.1, -0.05) is 30.1 Å². The molecule has 5 nitrogen and oxygen atoms in total. The summed E-state index contributed by atoms with van der Waals surface area (Å²) in [7, 11) is 0.